The van der Waals surface area contributed by atoms with E-state index in [1.807, 2.05) is 0 Å². The summed E-state index contributed by atoms with van der Waals surface area (Å²) in [6.45, 7) is 0. The Morgan fingerprint density at radius 3 is 2.91 bits per heavy atom. The number of hydrogen-bond acceptors (Lipinski definition) is 4. The summed E-state index contributed by atoms with van der Waals surface area (Å²) in [4.78, 5) is 0. The van der Waals surface area contributed by atoms with E-state index >= 15 is 0 Å². The van der Waals surface area contributed by atoms with Crippen molar-refractivity contribution in [3.05, 3.63) is 12.3 Å². The van der Waals surface area contributed by atoms with Gasteiger partial charge in [0.2, 0.25) is 0 Å². The quantitative estimate of drug-likeness (QED) is 0.668. The van der Waals surface area contributed by atoms with Gasteiger partial charge in [-0.3, -0.25) is 5.10 Å². The minimum Gasteiger partial charge on any atom is -0.357 e. The summed E-state index contributed by atoms with van der Waals surface area (Å²) in [7, 11) is -2.96. The number of aromatic amines is 1. The molecule has 1 heterocycles. The molecule has 1 aromatic rings. The lowest BCUT2D eigenvalue weighted by Crippen LogP contribution is -2.12. The maximum atomic E-state index is 10.6. The summed E-state index contributed by atoms with van der Waals surface area (Å²) < 4.78 is 21.3. The molecule has 0 aliphatic rings. The zero-order valence-corrected chi connectivity index (χ0v) is 6.85. The molecular weight excluding hydrogens is 166 g/mol. The van der Waals surface area contributed by atoms with Crippen molar-refractivity contribution in [3.8, 4) is 0 Å². The Morgan fingerprint density at radius 1 is 1.73 bits per heavy atom. The van der Waals surface area contributed by atoms with Gasteiger partial charge in [0, 0.05) is 6.26 Å². The molecule has 0 aliphatic carbocycles. The molecule has 0 spiro atoms. The van der Waals surface area contributed by atoms with Gasteiger partial charge in [-0.1, -0.05) is 0 Å². The second kappa shape index (κ2) is 2.91. The van der Waals surface area contributed by atoms with Gasteiger partial charge in [-0.15, -0.1) is 0 Å². The number of sulfone groups is 1. The topological polar surface area (TPSA) is 74.8 Å². The Morgan fingerprint density at radius 2 is 2.45 bits per heavy atom. The molecule has 6 heteroatoms. The van der Waals surface area contributed by atoms with Crippen LogP contribution in [0.3, 0.4) is 0 Å². The molecule has 2 N–H and O–H groups in total. The third-order valence-corrected chi connectivity index (χ3v) is 1.69. The molecule has 0 saturated heterocycles. The number of H-pyrrole nitrogens is 1. The Balaban J connectivity index is 2.48. The Kier molecular flexibility index (Phi) is 2.13. The SMILES string of the molecule is CS(=O)(=O)CNc1ccn[nH]1. The van der Waals surface area contributed by atoms with E-state index in [4.69, 9.17) is 0 Å². The van der Waals surface area contributed by atoms with E-state index < -0.39 is 9.84 Å². The number of aromatic nitrogens is 2. The van der Waals surface area contributed by atoms with Crippen molar-refractivity contribution < 1.29 is 8.42 Å². The van der Waals surface area contributed by atoms with E-state index in [-0.39, 0.29) is 5.88 Å². The van der Waals surface area contributed by atoms with Gasteiger partial charge in [0.05, 0.1) is 6.20 Å². The second-order valence-corrected chi connectivity index (χ2v) is 4.36. The van der Waals surface area contributed by atoms with Gasteiger partial charge in [-0.05, 0) is 6.07 Å². The summed E-state index contributed by atoms with van der Waals surface area (Å²) in [5.41, 5.74) is 0. The minimum absolute atomic E-state index is 0.0742. The van der Waals surface area contributed by atoms with Crippen molar-refractivity contribution >= 4 is 15.7 Å². The van der Waals surface area contributed by atoms with Gasteiger partial charge in [0.15, 0.2) is 9.84 Å². The Hall–Kier alpha value is -1.04. The van der Waals surface area contributed by atoms with Crippen LogP contribution in [0, 0.1) is 0 Å². The second-order valence-electron chi connectivity index (χ2n) is 2.22. The molecule has 0 atom stereocenters. The lowest BCUT2D eigenvalue weighted by Gasteiger charge is -1.99. The van der Waals surface area contributed by atoms with Gasteiger partial charge in [0.1, 0.15) is 11.7 Å². The summed E-state index contributed by atoms with van der Waals surface area (Å²) in [6.07, 6.45) is 2.71. The van der Waals surface area contributed by atoms with Crippen molar-refractivity contribution in [3.63, 3.8) is 0 Å². The molecule has 0 amide bonds. The van der Waals surface area contributed by atoms with Crippen LogP contribution in [0.15, 0.2) is 12.3 Å². The highest BCUT2D eigenvalue weighted by Crippen LogP contribution is 1.97. The van der Waals surface area contributed by atoms with Crippen molar-refractivity contribution in [1.82, 2.24) is 10.2 Å². The third-order valence-electron chi connectivity index (χ3n) is 1.03. The number of anilines is 1. The molecule has 1 aromatic heterocycles. The third kappa shape index (κ3) is 3.03. The first-order valence-electron chi connectivity index (χ1n) is 2.99. The van der Waals surface area contributed by atoms with Crippen LogP contribution < -0.4 is 5.32 Å². The number of nitrogens with one attached hydrogen (secondary N) is 2. The molecule has 0 radical (unpaired) electrons. The molecule has 0 fully saturated rings. The molecule has 62 valence electrons. The van der Waals surface area contributed by atoms with Gasteiger partial charge < -0.3 is 5.32 Å². The van der Waals surface area contributed by atoms with Crippen LogP contribution in [0.4, 0.5) is 5.82 Å². The smallest absolute Gasteiger partial charge is 0.165 e. The predicted octanol–water partition coefficient (Wildman–Crippen LogP) is -0.176. The summed E-state index contributed by atoms with van der Waals surface area (Å²) in [5, 5.41) is 8.88. The summed E-state index contributed by atoms with van der Waals surface area (Å²) in [6, 6.07) is 1.66. The van der Waals surface area contributed by atoms with Crippen LogP contribution in [0.1, 0.15) is 0 Å². The first kappa shape index (κ1) is 8.06. The van der Waals surface area contributed by atoms with Gasteiger partial charge >= 0.3 is 0 Å². The highest BCUT2D eigenvalue weighted by atomic mass is 32.2. The largest absolute Gasteiger partial charge is 0.357 e. The number of hydrogen-bond donors (Lipinski definition) is 2. The van der Waals surface area contributed by atoms with Crippen molar-refractivity contribution in [2.45, 2.75) is 0 Å². The number of rotatable bonds is 3. The van der Waals surface area contributed by atoms with Crippen molar-refractivity contribution in [1.29, 1.82) is 0 Å². The minimum atomic E-state index is -2.96. The van der Waals surface area contributed by atoms with E-state index in [0.717, 1.165) is 6.26 Å². The first-order valence-corrected chi connectivity index (χ1v) is 5.05. The van der Waals surface area contributed by atoms with Crippen LogP contribution in [-0.2, 0) is 9.84 Å². The molecule has 1 rings (SSSR count). The molecular formula is C5H9N3O2S. The van der Waals surface area contributed by atoms with Crippen LogP contribution in [-0.4, -0.2) is 30.7 Å². The molecule has 0 bridgehead atoms. The summed E-state index contributed by atoms with van der Waals surface area (Å²) >= 11 is 0. The van der Waals surface area contributed by atoms with E-state index in [1.165, 1.54) is 0 Å². The lowest BCUT2D eigenvalue weighted by molar-refractivity contribution is 0.603. The van der Waals surface area contributed by atoms with Crippen LogP contribution in [0.25, 0.3) is 0 Å². The van der Waals surface area contributed by atoms with E-state index in [0.29, 0.717) is 5.82 Å². The fourth-order valence-corrected chi connectivity index (χ4v) is 0.981. The fraction of sp³-hybridized carbons (Fsp3) is 0.400. The van der Waals surface area contributed by atoms with Gasteiger partial charge in [-0.25, -0.2) is 8.42 Å². The lowest BCUT2D eigenvalue weighted by atomic mass is 10.6. The number of nitrogens with zero attached hydrogens (tertiary/aromatic N) is 1. The normalized spacial score (nSPS) is 11.4. The molecule has 0 unspecified atom stereocenters. The molecule has 5 nitrogen and oxygen atoms in total. The first-order chi connectivity index (χ1) is 5.08. The average Bonchev–Trinajstić information content (AvgIpc) is 2.32. The van der Waals surface area contributed by atoms with Crippen molar-refractivity contribution in [2.24, 2.45) is 0 Å². The maximum absolute atomic E-state index is 10.6. The van der Waals surface area contributed by atoms with E-state index in [1.54, 1.807) is 12.3 Å². The van der Waals surface area contributed by atoms with E-state index in [2.05, 4.69) is 15.5 Å². The van der Waals surface area contributed by atoms with Gasteiger partial charge in [-0.2, -0.15) is 5.10 Å². The zero-order chi connectivity index (χ0) is 8.32. The molecule has 11 heavy (non-hydrogen) atoms. The fourth-order valence-electron chi connectivity index (χ4n) is 0.563. The summed E-state index contributed by atoms with van der Waals surface area (Å²) in [5.74, 6) is 0.533. The van der Waals surface area contributed by atoms with E-state index in [9.17, 15) is 8.42 Å². The van der Waals surface area contributed by atoms with Gasteiger partial charge in [0.25, 0.3) is 0 Å². The highest BCUT2D eigenvalue weighted by Gasteiger charge is 2.00. The Labute approximate surface area is 64.7 Å². The van der Waals surface area contributed by atoms with Crippen molar-refractivity contribution in [2.75, 3.05) is 17.4 Å². The molecule has 0 aromatic carbocycles. The predicted molar refractivity (Wildman–Crippen MR) is 41.9 cm³/mol. The standard InChI is InChI=1S/C5H9N3O2S/c1-11(9,10)4-6-5-2-3-7-8-5/h2-3H,4H2,1H3,(H2,6,7,8). The van der Waals surface area contributed by atoms with Crippen LogP contribution in [0.2, 0.25) is 0 Å². The molecule has 0 aliphatic heterocycles. The average molecular weight is 175 g/mol. The van der Waals surface area contributed by atoms with Crippen LogP contribution in [0.5, 0.6) is 0 Å². The Bertz CT molecular complexity index is 302. The maximum Gasteiger partial charge on any atom is 0.165 e. The monoisotopic (exact) mass is 175 g/mol. The highest BCUT2D eigenvalue weighted by molar-refractivity contribution is 7.90. The molecule has 0 saturated carbocycles. The van der Waals surface area contributed by atoms with Crippen LogP contribution >= 0.6 is 0 Å². The zero-order valence-electron chi connectivity index (χ0n) is 6.03.